The van der Waals surface area contributed by atoms with Crippen LogP contribution in [-0.2, 0) is 14.3 Å². The Morgan fingerprint density at radius 2 is 2.11 bits per heavy atom. The standard InChI is InChI=1S/C14H22O2.CH3NO/c1-4-6-11-8-12-9(3)16-14(15)13(12)7-10(11)5-2;2-1-3/h7,9,11-13H,4-6,8H2,1-3H3;1H,(H2,2,3). The van der Waals surface area contributed by atoms with E-state index < -0.39 is 0 Å². The van der Waals surface area contributed by atoms with Crippen LogP contribution in [0.1, 0.15) is 46.5 Å². The lowest BCUT2D eigenvalue weighted by atomic mass is 9.72. The van der Waals surface area contributed by atoms with E-state index in [2.05, 4.69) is 25.7 Å². The molecule has 1 fully saturated rings. The van der Waals surface area contributed by atoms with Gasteiger partial charge in [0.1, 0.15) is 6.10 Å². The van der Waals surface area contributed by atoms with Crippen LogP contribution in [0.15, 0.2) is 11.6 Å². The van der Waals surface area contributed by atoms with Gasteiger partial charge in [-0.15, -0.1) is 0 Å². The summed E-state index contributed by atoms with van der Waals surface area (Å²) < 4.78 is 5.34. The molecular weight excluding hydrogens is 242 g/mol. The summed E-state index contributed by atoms with van der Waals surface area (Å²) in [7, 11) is 0. The molecule has 4 unspecified atom stereocenters. The van der Waals surface area contributed by atoms with E-state index >= 15 is 0 Å². The fourth-order valence-electron chi connectivity index (χ4n) is 3.25. The molecule has 108 valence electrons. The van der Waals surface area contributed by atoms with E-state index in [4.69, 9.17) is 9.53 Å². The number of amides is 1. The molecule has 19 heavy (non-hydrogen) atoms. The lowest BCUT2D eigenvalue weighted by Gasteiger charge is -2.30. The molecule has 0 aromatic carbocycles. The Morgan fingerprint density at radius 3 is 2.63 bits per heavy atom. The number of esters is 1. The number of fused-ring (bicyclic) bond motifs is 1. The lowest BCUT2D eigenvalue weighted by Crippen LogP contribution is -2.27. The van der Waals surface area contributed by atoms with E-state index in [1.54, 1.807) is 0 Å². The molecule has 2 aliphatic rings. The summed E-state index contributed by atoms with van der Waals surface area (Å²) in [5.41, 5.74) is 5.65. The summed E-state index contributed by atoms with van der Waals surface area (Å²) >= 11 is 0. The van der Waals surface area contributed by atoms with Gasteiger partial charge in [0, 0.05) is 5.92 Å². The third-order valence-electron chi connectivity index (χ3n) is 4.16. The number of rotatable bonds is 3. The second-order valence-corrected chi connectivity index (χ2v) is 5.28. The first-order valence-electron chi connectivity index (χ1n) is 7.15. The van der Waals surface area contributed by atoms with E-state index in [9.17, 15) is 4.79 Å². The van der Waals surface area contributed by atoms with Gasteiger partial charge in [-0.2, -0.15) is 0 Å². The van der Waals surface area contributed by atoms with Crippen LogP contribution in [0.4, 0.5) is 0 Å². The van der Waals surface area contributed by atoms with Crippen LogP contribution in [0.2, 0.25) is 0 Å². The summed E-state index contributed by atoms with van der Waals surface area (Å²) in [5, 5.41) is 0. The van der Waals surface area contributed by atoms with E-state index in [1.807, 2.05) is 6.92 Å². The molecule has 1 heterocycles. The number of hydrogen-bond donors (Lipinski definition) is 1. The largest absolute Gasteiger partial charge is 0.462 e. The monoisotopic (exact) mass is 267 g/mol. The SMILES string of the molecule is CCCC1CC2C(C)OC(=O)C2C=C1CC.NC=O. The van der Waals surface area contributed by atoms with Gasteiger partial charge >= 0.3 is 5.97 Å². The average molecular weight is 267 g/mol. The summed E-state index contributed by atoms with van der Waals surface area (Å²) in [5.74, 6) is 1.17. The van der Waals surface area contributed by atoms with Gasteiger partial charge in [0.15, 0.2) is 0 Å². The third-order valence-corrected chi connectivity index (χ3v) is 4.16. The molecule has 2 N–H and O–H groups in total. The number of cyclic esters (lactones) is 1. The second kappa shape index (κ2) is 7.31. The van der Waals surface area contributed by atoms with Crippen LogP contribution in [0, 0.1) is 17.8 Å². The molecule has 1 amide bonds. The van der Waals surface area contributed by atoms with Crippen molar-refractivity contribution in [2.24, 2.45) is 23.5 Å². The Morgan fingerprint density at radius 1 is 1.47 bits per heavy atom. The third kappa shape index (κ3) is 3.58. The molecular formula is C15H25NO3. The topological polar surface area (TPSA) is 69.4 Å². The number of hydrogen-bond acceptors (Lipinski definition) is 3. The van der Waals surface area contributed by atoms with Crippen molar-refractivity contribution in [1.29, 1.82) is 0 Å². The van der Waals surface area contributed by atoms with Crippen molar-refractivity contribution < 1.29 is 14.3 Å². The first kappa shape index (κ1) is 15.7. The number of primary amides is 1. The molecule has 0 radical (unpaired) electrons. The number of carbonyl (C=O) groups is 2. The van der Waals surface area contributed by atoms with Gasteiger partial charge in [-0.25, -0.2) is 0 Å². The highest BCUT2D eigenvalue weighted by atomic mass is 16.6. The van der Waals surface area contributed by atoms with E-state index in [0.717, 1.165) is 12.8 Å². The fourth-order valence-corrected chi connectivity index (χ4v) is 3.25. The summed E-state index contributed by atoms with van der Waals surface area (Å²) in [6, 6.07) is 0. The van der Waals surface area contributed by atoms with E-state index in [-0.39, 0.29) is 24.4 Å². The first-order valence-corrected chi connectivity index (χ1v) is 7.15. The van der Waals surface area contributed by atoms with Crippen molar-refractivity contribution in [3.8, 4) is 0 Å². The zero-order valence-corrected chi connectivity index (χ0v) is 12.1. The van der Waals surface area contributed by atoms with Crippen LogP contribution in [0.5, 0.6) is 0 Å². The molecule has 0 bridgehead atoms. The van der Waals surface area contributed by atoms with Crippen LogP contribution in [0.25, 0.3) is 0 Å². The van der Waals surface area contributed by atoms with Crippen molar-refractivity contribution in [3.05, 3.63) is 11.6 Å². The number of nitrogens with two attached hydrogens (primary N) is 1. The van der Waals surface area contributed by atoms with Crippen molar-refractivity contribution in [1.82, 2.24) is 0 Å². The molecule has 1 saturated heterocycles. The second-order valence-electron chi connectivity index (χ2n) is 5.28. The summed E-state index contributed by atoms with van der Waals surface area (Å²) in [6.07, 6.45) is 7.28. The molecule has 0 spiro atoms. The van der Waals surface area contributed by atoms with Gasteiger partial charge in [-0.3, -0.25) is 9.59 Å². The average Bonchev–Trinajstić information content (AvgIpc) is 2.65. The van der Waals surface area contributed by atoms with Gasteiger partial charge in [-0.05, 0) is 32.1 Å². The minimum absolute atomic E-state index is 0.00148. The maximum absolute atomic E-state index is 11.7. The Bertz CT molecular complexity index is 351. The van der Waals surface area contributed by atoms with Gasteiger partial charge in [0.25, 0.3) is 0 Å². The highest BCUT2D eigenvalue weighted by molar-refractivity contribution is 5.77. The maximum Gasteiger partial charge on any atom is 0.313 e. The molecule has 4 heteroatoms. The Balaban J connectivity index is 0.000000550. The Kier molecular flexibility index (Phi) is 6.06. The lowest BCUT2D eigenvalue weighted by molar-refractivity contribution is -0.142. The molecule has 0 aromatic heterocycles. The molecule has 2 rings (SSSR count). The molecule has 4 atom stereocenters. The maximum atomic E-state index is 11.7. The molecule has 0 aromatic rings. The zero-order valence-electron chi connectivity index (χ0n) is 12.1. The summed E-state index contributed by atoms with van der Waals surface area (Å²) in [6.45, 7) is 6.47. The number of ether oxygens (including phenoxy) is 1. The van der Waals surface area contributed by atoms with Crippen molar-refractivity contribution in [2.75, 3.05) is 0 Å². The quantitative estimate of drug-likeness (QED) is 0.485. The zero-order chi connectivity index (χ0) is 14.4. The summed E-state index contributed by atoms with van der Waals surface area (Å²) in [4.78, 5) is 20.3. The highest BCUT2D eigenvalue weighted by Gasteiger charge is 2.44. The molecule has 4 nitrogen and oxygen atoms in total. The van der Waals surface area contributed by atoms with Gasteiger partial charge in [0.05, 0.1) is 5.92 Å². The van der Waals surface area contributed by atoms with Crippen molar-refractivity contribution in [3.63, 3.8) is 0 Å². The van der Waals surface area contributed by atoms with Crippen molar-refractivity contribution in [2.45, 2.75) is 52.6 Å². The van der Waals surface area contributed by atoms with Gasteiger partial charge < -0.3 is 10.5 Å². The number of carbonyl (C=O) groups excluding carboxylic acids is 2. The molecule has 0 saturated carbocycles. The smallest absolute Gasteiger partial charge is 0.313 e. The Hall–Kier alpha value is -1.32. The van der Waals surface area contributed by atoms with Gasteiger partial charge in [0.2, 0.25) is 6.41 Å². The van der Waals surface area contributed by atoms with E-state index in [0.29, 0.717) is 11.8 Å². The molecule has 1 aliphatic heterocycles. The minimum atomic E-state index is -0.00148. The van der Waals surface area contributed by atoms with Crippen molar-refractivity contribution >= 4 is 12.4 Å². The fraction of sp³-hybridized carbons (Fsp3) is 0.733. The minimum Gasteiger partial charge on any atom is -0.462 e. The Labute approximate surface area is 115 Å². The number of allylic oxidation sites excluding steroid dienone is 1. The van der Waals surface area contributed by atoms with Crippen LogP contribution >= 0.6 is 0 Å². The van der Waals surface area contributed by atoms with Gasteiger partial charge in [-0.1, -0.05) is 31.9 Å². The molecule has 1 aliphatic carbocycles. The van der Waals surface area contributed by atoms with E-state index in [1.165, 1.54) is 18.4 Å². The van der Waals surface area contributed by atoms with Crippen LogP contribution in [0.3, 0.4) is 0 Å². The van der Waals surface area contributed by atoms with Crippen LogP contribution in [-0.4, -0.2) is 18.5 Å². The highest BCUT2D eigenvalue weighted by Crippen LogP contribution is 2.43. The van der Waals surface area contributed by atoms with Crippen LogP contribution < -0.4 is 5.73 Å². The predicted molar refractivity (Wildman–Crippen MR) is 74.2 cm³/mol. The first-order chi connectivity index (χ1) is 9.08. The normalized spacial score (nSPS) is 32.6. The predicted octanol–water partition coefficient (Wildman–Crippen LogP) is 2.42.